The summed E-state index contributed by atoms with van der Waals surface area (Å²) in [5.74, 6) is 0.144. The zero-order chi connectivity index (χ0) is 18.4. The highest BCUT2D eigenvalue weighted by atomic mass is 79.9. The topological polar surface area (TPSA) is 67.4 Å². The molecule has 132 valence electrons. The van der Waals surface area contributed by atoms with E-state index in [2.05, 4.69) is 40.6 Å². The van der Waals surface area contributed by atoms with Crippen LogP contribution in [0.15, 0.2) is 53.0 Å². The van der Waals surface area contributed by atoms with Gasteiger partial charge in [0.1, 0.15) is 5.75 Å². The molecule has 0 radical (unpaired) electrons. The monoisotopic (exact) mass is 404 g/mol. The third-order valence-corrected chi connectivity index (χ3v) is 4.11. The van der Waals surface area contributed by atoms with Gasteiger partial charge in [-0.2, -0.15) is 0 Å². The summed E-state index contributed by atoms with van der Waals surface area (Å²) in [4.78, 5) is 24.1. The van der Waals surface area contributed by atoms with Crippen LogP contribution < -0.4 is 15.6 Å². The molecule has 0 aliphatic rings. The first kappa shape index (κ1) is 19.0. The highest BCUT2D eigenvalue weighted by Crippen LogP contribution is 2.19. The largest absolute Gasteiger partial charge is 0.481 e. The number of hydrogen-bond donors (Lipinski definition) is 2. The van der Waals surface area contributed by atoms with Crippen molar-refractivity contribution in [2.45, 2.75) is 32.8 Å². The Labute approximate surface area is 155 Å². The summed E-state index contributed by atoms with van der Waals surface area (Å²) in [7, 11) is 0. The normalized spacial score (nSPS) is 11.7. The fourth-order valence-corrected chi connectivity index (χ4v) is 2.49. The van der Waals surface area contributed by atoms with Gasteiger partial charge in [-0.25, -0.2) is 0 Å². The van der Waals surface area contributed by atoms with E-state index in [0.29, 0.717) is 17.2 Å². The number of benzene rings is 2. The lowest BCUT2D eigenvalue weighted by atomic mass is 10.0. The number of ether oxygens (including phenoxy) is 1. The second kappa shape index (κ2) is 8.67. The third-order valence-electron chi connectivity index (χ3n) is 3.62. The van der Waals surface area contributed by atoms with Crippen LogP contribution in [0.5, 0.6) is 5.75 Å². The molecule has 25 heavy (non-hydrogen) atoms. The SMILES string of the molecule is CC(C)c1ccc(C(=O)NNC(=O)[C@@H](C)Oc2cccc(Br)c2)cc1. The van der Waals surface area contributed by atoms with Gasteiger partial charge in [0.15, 0.2) is 6.10 Å². The van der Waals surface area contributed by atoms with Gasteiger partial charge in [0.05, 0.1) is 0 Å². The summed E-state index contributed by atoms with van der Waals surface area (Å²) in [6.07, 6.45) is -0.752. The van der Waals surface area contributed by atoms with Crippen molar-refractivity contribution >= 4 is 27.7 Å². The minimum Gasteiger partial charge on any atom is -0.481 e. The lowest BCUT2D eigenvalue weighted by Gasteiger charge is -2.15. The first-order chi connectivity index (χ1) is 11.9. The molecule has 0 spiro atoms. The van der Waals surface area contributed by atoms with E-state index in [9.17, 15) is 9.59 Å². The average molecular weight is 405 g/mol. The number of halogens is 1. The molecule has 2 rings (SSSR count). The predicted octanol–water partition coefficient (Wildman–Crippen LogP) is 3.80. The number of rotatable bonds is 5. The molecule has 0 heterocycles. The minimum absolute atomic E-state index is 0.377. The molecule has 0 saturated heterocycles. The van der Waals surface area contributed by atoms with Gasteiger partial charge in [-0.1, -0.05) is 48.0 Å². The molecule has 5 nitrogen and oxygen atoms in total. The number of carbonyl (C=O) groups is 2. The van der Waals surface area contributed by atoms with E-state index >= 15 is 0 Å². The maximum absolute atomic E-state index is 12.1. The van der Waals surface area contributed by atoms with Gasteiger partial charge in [0.2, 0.25) is 0 Å². The van der Waals surface area contributed by atoms with Crippen molar-refractivity contribution in [2.24, 2.45) is 0 Å². The molecule has 0 aromatic heterocycles. The van der Waals surface area contributed by atoms with E-state index in [0.717, 1.165) is 10.0 Å². The predicted molar refractivity (Wildman–Crippen MR) is 100 cm³/mol. The summed E-state index contributed by atoms with van der Waals surface area (Å²) < 4.78 is 6.40. The lowest BCUT2D eigenvalue weighted by molar-refractivity contribution is -0.128. The Balaban J connectivity index is 1.86. The van der Waals surface area contributed by atoms with Crippen molar-refractivity contribution in [3.63, 3.8) is 0 Å². The van der Waals surface area contributed by atoms with Crippen LogP contribution in [0.3, 0.4) is 0 Å². The van der Waals surface area contributed by atoms with Gasteiger partial charge in [0.25, 0.3) is 11.8 Å². The molecule has 2 aromatic carbocycles. The molecule has 2 N–H and O–H groups in total. The van der Waals surface area contributed by atoms with E-state index in [1.54, 1.807) is 31.2 Å². The second-order valence-corrected chi connectivity index (χ2v) is 6.85. The molecule has 0 bridgehead atoms. The van der Waals surface area contributed by atoms with Crippen LogP contribution in [0, 0.1) is 0 Å². The number of amides is 2. The summed E-state index contributed by atoms with van der Waals surface area (Å²) in [6, 6.07) is 14.5. The highest BCUT2D eigenvalue weighted by Gasteiger charge is 2.16. The number of nitrogens with one attached hydrogen (secondary N) is 2. The fraction of sp³-hybridized carbons (Fsp3) is 0.263. The van der Waals surface area contributed by atoms with Gasteiger partial charge in [-0.05, 0) is 48.7 Å². The quantitative estimate of drug-likeness (QED) is 0.744. The zero-order valence-corrected chi connectivity index (χ0v) is 16.0. The van der Waals surface area contributed by atoms with Crippen LogP contribution in [0.4, 0.5) is 0 Å². The van der Waals surface area contributed by atoms with E-state index in [4.69, 9.17) is 4.74 Å². The smallest absolute Gasteiger partial charge is 0.279 e. The maximum atomic E-state index is 12.1. The average Bonchev–Trinajstić information content (AvgIpc) is 2.59. The summed E-state index contributed by atoms with van der Waals surface area (Å²) in [5.41, 5.74) is 6.40. The molecule has 1 atom stereocenters. The van der Waals surface area contributed by atoms with Gasteiger partial charge in [0, 0.05) is 10.0 Å². The molecular formula is C19H21BrN2O3. The molecule has 2 aromatic rings. The highest BCUT2D eigenvalue weighted by molar-refractivity contribution is 9.10. The van der Waals surface area contributed by atoms with Gasteiger partial charge < -0.3 is 4.74 Å². The van der Waals surface area contributed by atoms with Gasteiger partial charge >= 0.3 is 0 Å². The molecule has 0 aliphatic heterocycles. The minimum atomic E-state index is -0.752. The fourth-order valence-electron chi connectivity index (χ4n) is 2.11. The van der Waals surface area contributed by atoms with Crippen molar-refractivity contribution in [1.82, 2.24) is 10.9 Å². The Hall–Kier alpha value is -2.34. The van der Waals surface area contributed by atoms with Crippen LogP contribution >= 0.6 is 15.9 Å². The number of hydrazine groups is 1. The first-order valence-electron chi connectivity index (χ1n) is 7.99. The van der Waals surface area contributed by atoms with Crippen LogP contribution in [-0.4, -0.2) is 17.9 Å². The molecule has 6 heteroatoms. The molecule has 0 aliphatic carbocycles. The molecule has 0 saturated carbocycles. The van der Waals surface area contributed by atoms with Crippen molar-refractivity contribution in [1.29, 1.82) is 0 Å². The summed E-state index contributed by atoms with van der Waals surface area (Å²) in [6.45, 7) is 5.78. The maximum Gasteiger partial charge on any atom is 0.279 e. The van der Waals surface area contributed by atoms with Crippen LogP contribution in [0.2, 0.25) is 0 Å². The Kier molecular flexibility index (Phi) is 6.58. The van der Waals surface area contributed by atoms with Crippen molar-refractivity contribution < 1.29 is 14.3 Å². The number of hydrogen-bond acceptors (Lipinski definition) is 3. The summed E-state index contributed by atoms with van der Waals surface area (Å²) >= 11 is 3.34. The van der Waals surface area contributed by atoms with Crippen molar-refractivity contribution in [3.05, 3.63) is 64.1 Å². The second-order valence-electron chi connectivity index (χ2n) is 5.94. The molecule has 0 fully saturated rings. The first-order valence-corrected chi connectivity index (χ1v) is 8.78. The van der Waals surface area contributed by atoms with Gasteiger partial charge in [-0.3, -0.25) is 20.4 Å². The Morgan fingerprint density at radius 2 is 1.68 bits per heavy atom. The van der Waals surface area contributed by atoms with Crippen LogP contribution in [0.25, 0.3) is 0 Å². The van der Waals surface area contributed by atoms with E-state index in [1.165, 1.54) is 0 Å². The van der Waals surface area contributed by atoms with E-state index in [1.807, 2.05) is 24.3 Å². The van der Waals surface area contributed by atoms with Gasteiger partial charge in [-0.15, -0.1) is 0 Å². The third kappa shape index (κ3) is 5.60. The van der Waals surface area contributed by atoms with Crippen LogP contribution in [-0.2, 0) is 4.79 Å². The lowest BCUT2D eigenvalue weighted by Crippen LogP contribution is -2.47. The zero-order valence-electron chi connectivity index (χ0n) is 14.4. The molecule has 0 unspecified atom stereocenters. The molecular weight excluding hydrogens is 384 g/mol. The molecule has 2 amide bonds. The summed E-state index contributed by atoms with van der Waals surface area (Å²) in [5, 5.41) is 0. The van der Waals surface area contributed by atoms with Crippen molar-refractivity contribution in [3.8, 4) is 5.75 Å². The Morgan fingerprint density at radius 3 is 2.28 bits per heavy atom. The van der Waals surface area contributed by atoms with E-state index < -0.39 is 12.0 Å². The van der Waals surface area contributed by atoms with Crippen LogP contribution in [0.1, 0.15) is 42.6 Å². The Bertz CT molecular complexity index is 745. The standard InChI is InChI=1S/C19H21BrN2O3/c1-12(2)14-7-9-15(10-8-14)19(24)22-21-18(23)13(3)25-17-6-4-5-16(20)11-17/h4-13H,1-3H3,(H,21,23)(H,22,24)/t13-/m1/s1. The number of carbonyl (C=O) groups excluding carboxylic acids is 2. The van der Waals surface area contributed by atoms with Crippen molar-refractivity contribution in [2.75, 3.05) is 0 Å². The van der Waals surface area contributed by atoms with E-state index in [-0.39, 0.29) is 5.91 Å². The Morgan fingerprint density at radius 1 is 1.00 bits per heavy atom.